The summed E-state index contributed by atoms with van der Waals surface area (Å²) in [5.41, 5.74) is 0. The molecular formula is C11H11ClFNO2. The van der Waals surface area contributed by atoms with E-state index in [9.17, 15) is 9.18 Å². The summed E-state index contributed by atoms with van der Waals surface area (Å²) >= 11 is 5.70. The second-order valence-corrected chi connectivity index (χ2v) is 3.36. The van der Waals surface area contributed by atoms with Gasteiger partial charge >= 0.3 is 0 Å². The van der Waals surface area contributed by atoms with Crippen molar-refractivity contribution in [1.29, 1.82) is 0 Å². The monoisotopic (exact) mass is 243 g/mol. The molecule has 0 aliphatic rings. The molecule has 0 saturated carbocycles. The minimum absolute atomic E-state index is 0.136. The minimum atomic E-state index is -0.451. The zero-order valence-corrected chi connectivity index (χ0v) is 9.26. The Kier molecular flexibility index (Phi) is 4.79. The lowest BCUT2D eigenvalue weighted by molar-refractivity contribution is -0.122. The van der Waals surface area contributed by atoms with Gasteiger partial charge in [0.25, 0.3) is 5.91 Å². The van der Waals surface area contributed by atoms with Gasteiger partial charge in [-0.2, -0.15) is 0 Å². The van der Waals surface area contributed by atoms with Crippen LogP contribution in [0.4, 0.5) is 4.39 Å². The summed E-state index contributed by atoms with van der Waals surface area (Å²) in [6, 6.07) is 3.71. The van der Waals surface area contributed by atoms with Crippen LogP contribution >= 0.6 is 11.6 Å². The van der Waals surface area contributed by atoms with Crippen LogP contribution in [0, 0.1) is 5.82 Å². The van der Waals surface area contributed by atoms with Gasteiger partial charge in [-0.25, -0.2) is 4.39 Å². The van der Waals surface area contributed by atoms with Crippen molar-refractivity contribution < 1.29 is 13.9 Å². The van der Waals surface area contributed by atoms with Crippen LogP contribution in [0.2, 0.25) is 5.02 Å². The summed E-state index contributed by atoms with van der Waals surface area (Å²) < 4.78 is 17.8. The number of hydrogen-bond donors (Lipinski definition) is 1. The van der Waals surface area contributed by atoms with Crippen molar-refractivity contribution in [2.24, 2.45) is 0 Å². The third-order valence-corrected chi connectivity index (χ3v) is 1.99. The van der Waals surface area contributed by atoms with Crippen molar-refractivity contribution in [3.8, 4) is 5.75 Å². The Balaban J connectivity index is 2.48. The lowest BCUT2D eigenvalue weighted by Gasteiger charge is -2.07. The van der Waals surface area contributed by atoms with Gasteiger partial charge in [-0.15, -0.1) is 6.58 Å². The molecule has 1 N–H and O–H groups in total. The van der Waals surface area contributed by atoms with Crippen LogP contribution in [0.25, 0.3) is 0 Å². The van der Waals surface area contributed by atoms with E-state index in [1.807, 2.05) is 0 Å². The summed E-state index contributed by atoms with van der Waals surface area (Å²) in [7, 11) is 0. The molecule has 1 aromatic carbocycles. The first-order valence-corrected chi connectivity index (χ1v) is 4.96. The van der Waals surface area contributed by atoms with E-state index >= 15 is 0 Å². The summed E-state index contributed by atoms with van der Waals surface area (Å²) in [5.74, 6) is -0.467. The standard InChI is InChI=1S/C11H11ClFNO2/c1-2-5-14-11(15)7-16-10-4-3-8(13)6-9(10)12/h2-4,6H,1,5,7H2,(H,14,15). The number of carbonyl (C=O) groups is 1. The highest BCUT2D eigenvalue weighted by Gasteiger charge is 2.05. The molecule has 86 valence electrons. The molecule has 0 atom stereocenters. The molecule has 0 radical (unpaired) electrons. The van der Waals surface area contributed by atoms with E-state index in [1.54, 1.807) is 6.08 Å². The molecule has 0 spiro atoms. The third-order valence-electron chi connectivity index (χ3n) is 1.70. The average Bonchev–Trinajstić information content (AvgIpc) is 2.25. The highest BCUT2D eigenvalue weighted by atomic mass is 35.5. The summed E-state index contributed by atoms with van der Waals surface area (Å²) in [4.78, 5) is 11.2. The molecule has 3 nitrogen and oxygen atoms in total. The first-order chi connectivity index (χ1) is 7.63. The summed E-state index contributed by atoms with van der Waals surface area (Å²) in [6.07, 6.45) is 1.56. The molecule has 0 aromatic heterocycles. The molecular weight excluding hydrogens is 233 g/mol. The Morgan fingerprint density at radius 1 is 1.62 bits per heavy atom. The van der Waals surface area contributed by atoms with Gasteiger partial charge in [-0.1, -0.05) is 17.7 Å². The number of halogens is 2. The maximum atomic E-state index is 12.7. The number of amides is 1. The van der Waals surface area contributed by atoms with Crippen molar-refractivity contribution in [2.45, 2.75) is 0 Å². The van der Waals surface area contributed by atoms with Gasteiger partial charge in [-0.05, 0) is 18.2 Å². The maximum Gasteiger partial charge on any atom is 0.258 e. The SMILES string of the molecule is C=CCNC(=O)COc1ccc(F)cc1Cl. The van der Waals surface area contributed by atoms with Crippen molar-refractivity contribution >= 4 is 17.5 Å². The highest BCUT2D eigenvalue weighted by Crippen LogP contribution is 2.24. The van der Waals surface area contributed by atoms with Gasteiger partial charge < -0.3 is 10.1 Å². The summed E-state index contributed by atoms with van der Waals surface area (Å²) in [5, 5.41) is 2.67. The Bertz CT molecular complexity index is 396. The number of hydrogen-bond acceptors (Lipinski definition) is 2. The average molecular weight is 244 g/mol. The van der Waals surface area contributed by atoms with E-state index in [0.717, 1.165) is 6.07 Å². The molecule has 0 heterocycles. The second kappa shape index (κ2) is 6.12. The molecule has 0 fully saturated rings. The Hall–Kier alpha value is -1.55. The fraction of sp³-hybridized carbons (Fsp3) is 0.182. The van der Waals surface area contributed by atoms with E-state index in [-0.39, 0.29) is 23.3 Å². The zero-order valence-electron chi connectivity index (χ0n) is 8.50. The van der Waals surface area contributed by atoms with Gasteiger partial charge in [0.2, 0.25) is 0 Å². The van der Waals surface area contributed by atoms with E-state index in [2.05, 4.69) is 11.9 Å². The number of carbonyl (C=O) groups excluding carboxylic acids is 1. The predicted octanol–water partition coefficient (Wildman–Crippen LogP) is 2.16. The van der Waals surface area contributed by atoms with Crippen LogP contribution in [0.5, 0.6) is 5.75 Å². The lowest BCUT2D eigenvalue weighted by Crippen LogP contribution is -2.28. The quantitative estimate of drug-likeness (QED) is 0.805. The van der Waals surface area contributed by atoms with Gasteiger partial charge in [0.15, 0.2) is 6.61 Å². The van der Waals surface area contributed by atoms with Crippen molar-refractivity contribution in [3.05, 3.63) is 41.7 Å². The lowest BCUT2D eigenvalue weighted by atomic mass is 10.3. The molecule has 16 heavy (non-hydrogen) atoms. The fourth-order valence-electron chi connectivity index (χ4n) is 0.973. The molecule has 5 heteroatoms. The first-order valence-electron chi connectivity index (χ1n) is 4.59. The van der Waals surface area contributed by atoms with E-state index in [1.165, 1.54) is 12.1 Å². The maximum absolute atomic E-state index is 12.7. The first kappa shape index (κ1) is 12.5. The van der Waals surface area contributed by atoms with Gasteiger partial charge in [0.05, 0.1) is 5.02 Å². The topological polar surface area (TPSA) is 38.3 Å². The predicted molar refractivity (Wildman–Crippen MR) is 60.1 cm³/mol. The van der Waals surface area contributed by atoms with Crippen molar-refractivity contribution in [1.82, 2.24) is 5.32 Å². The fourth-order valence-corrected chi connectivity index (χ4v) is 1.19. The van der Waals surface area contributed by atoms with Crippen LogP contribution in [0.15, 0.2) is 30.9 Å². The number of rotatable bonds is 5. The van der Waals surface area contributed by atoms with Crippen molar-refractivity contribution in [2.75, 3.05) is 13.2 Å². The third kappa shape index (κ3) is 3.90. The molecule has 1 rings (SSSR count). The van der Waals surface area contributed by atoms with Gasteiger partial charge in [0.1, 0.15) is 11.6 Å². The van der Waals surface area contributed by atoms with Crippen LogP contribution in [0.3, 0.4) is 0 Å². The second-order valence-electron chi connectivity index (χ2n) is 2.96. The van der Waals surface area contributed by atoms with Crippen LogP contribution < -0.4 is 10.1 Å². The molecule has 0 aliphatic heterocycles. The highest BCUT2D eigenvalue weighted by molar-refractivity contribution is 6.32. The largest absolute Gasteiger partial charge is 0.482 e. The van der Waals surface area contributed by atoms with E-state index in [0.29, 0.717) is 6.54 Å². The van der Waals surface area contributed by atoms with Gasteiger partial charge in [-0.3, -0.25) is 4.79 Å². The number of ether oxygens (including phenoxy) is 1. The molecule has 0 unspecified atom stereocenters. The molecule has 1 amide bonds. The Labute approximate surface area is 97.9 Å². The Morgan fingerprint density at radius 3 is 3.00 bits per heavy atom. The molecule has 0 bridgehead atoms. The molecule has 0 aliphatic carbocycles. The molecule has 1 aromatic rings. The van der Waals surface area contributed by atoms with Crippen LogP contribution in [0.1, 0.15) is 0 Å². The summed E-state index contributed by atoms with van der Waals surface area (Å²) in [6.45, 7) is 3.66. The Morgan fingerprint density at radius 2 is 2.38 bits per heavy atom. The van der Waals surface area contributed by atoms with Crippen molar-refractivity contribution in [3.63, 3.8) is 0 Å². The zero-order chi connectivity index (χ0) is 12.0. The van der Waals surface area contributed by atoms with Gasteiger partial charge in [0, 0.05) is 6.54 Å². The van der Waals surface area contributed by atoms with E-state index < -0.39 is 5.82 Å². The normalized spacial score (nSPS) is 9.62. The number of benzene rings is 1. The van der Waals surface area contributed by atoms with E-state index in [4.69, 9.17) is 16.3 Å². The number of nitrogens with one attached hydrogen (secondary N) is 1. The smallest absolute Gasteiger partial charge is 0.258 e. The van der Waals surface area contributed by atoms with Crippen LogP contribution in [-0.4, -0.2) is 19.1 Å². The van der Waals surface area contributed by atoms with Crippen LogP contribution in [-0.2, 0) is 4.79 Å². The molecule has 0 saturated heterocycles. The minimum Gasteiger partial charge on any atom is -0.482 e.